The highest BCUT2D eigenvalue weighted by Crippen LogP contribution is 2.28. The van der Waals surface area contributed by atoms with E-state index >= 15 is 0 Å². The van der Waals surface area contributed by atoms with Gasteiger partial charge in [-0.15, -0.1) is 0 Å². The summed E-state index contributed by atoms with van der Waals surface area (Å²) in [5.41, 5.74) is 0.844. The molecule has 0 heterocycles. The summed E-state index contributed by atoms with van der Waals surface area (Å²) in [6.45, 7) is 0. The number of benzene rings is 1. The third kappa shape index (κ3) is 4.26. The molecule has 2 atom stereocenters. The average molecular weight is 322 g/mol. The molecule has 0 radical (unpaired) electrons. The van der Waals surface area contributed by atoms with Crippen LogP contribution in [0.1, 0.15) is 25.7 Å². The molecule has 1 aromatic carbocycles. The molecule has 0 bridgehead atoms. The lowest BCUT2D eigenvalue weighted by Crippen LogP contribution is -2.34. The van der Waals surface area contributed by atoms with Gasteiger partial charge in [0.05, 0.1) is 5.25 Å². The molecule has 0 spiro atoms. The first-order chi connectivity index (χ1) is 8.84. The Morgan fingerprint density at radius 3 is 2.37 bits per heavy atom. The Kier molecular flexibility index (Phi) is 4.64. The molecular formula is C13H17Cl2NO2S. The largest absolute Gasteiger partial charge is 0.382 e. The van der Waals surface area contributed by atoms with Crippen molar-refractivity contribution in [2.24, 2.45) is 0 Å². The van der Waals surface area contributed by atoms with Crippen LogP contribution in [0.5, 0.6) is 0 Å². The second-order valence-corrected chi connectivity index (χ2v) is 8.32. The first-order valence-electron chi connectivity index (χ1n) is 6.26. The van der Waals surface area contributed by atoms with Crippen LogP contribution in [0.2, 0.25) is 10.0 Å². The van der Waals surface area contributed by atoms with E-state index < -0.39 is 9.84 Å². The number of nitrogens with one attached hydrogen (secondary N) is 1. The molecule has 1 aliphatic rings. The van der Waals surface area contributed by atoms with Crippen molar-refractivity contribution in [2.45, 2.75) is 37.0 Å². The normalized spacial score (nSPS) is 24.2. The maximum Gasteiger partial charge on any atom is 0.150 e. The number of anilines is 1. The molecule has 19 heavy (non-hydrogen) atoms. The Balaban J connectivity index is 2.06. The van der Waals surface area contributed by atoms with Crippen molar-refractivity contribution in [1.82, 2.24) is 0 Å². The Morgan fingerprint density at radius 2 is 1.79 bits per heavy atom. The van der Waals surface area contributed by atoms with Gasteiger partial charge in [-0.3, -0.25) is 0 Å². The lowest BCUT2D eigenvalue weighted by Gasteiger charge is -2.29. The summed E-state index contributed by atoms with van der Waals surface area (Å²) in [5, 5.41) is 4.24. The summed E-state index contributed by atoms with van der Waals surface area (Å²) in [4.78, 5) is 0. The minimum atomic E-state index is -2.96. The fourth-order valence-electron chi connectivity index (χ4n) is 2.54. The molecule has 1 aromatic rings. The predicted octanol–water partition coefficient (Wildman–Crippen LogP) is 3.76. The van der Waals surface area contributed by atoms with Gasteiger partial charge >= 0.3 is 0 Å². The standard InChI is InChI=1S/C13H17Cl2NO2S/c1-19(17,18)13-4-2-3-11(8-13)16-12-6-9(14)5-10(15)7-12/h5-7,11,13,16H,2-4,8H2,1H3. The van der Waals surface area contributed by atoms with Crippen LogP contribution in [0.15, 0.2) is 18.2 Å². The minimum Gasteiger partial charge on any atom is -0.382 e. The molecule has 0 amide bonds. The number of rotatable bonds is 3. The van der Waals surface area contributed by atoms with Gasteiger partial charge in [-0.1, -0.05) is 29.6 Å². The zero-order valence-corrected chi connectivity index (χ0v) is 13.0. The van der Waals surface area contributed by atoms with Crippen LogP contribution in [0.25, 0.3) is 0 Å². The quantitative estimate of drug-likeness (QED) is 0.921. The lowest BCUT2D eigenvalue weighted by atomic mass is 9.95. The van der Waals surface area contributed by atoms with Crippen LogP contribution in [0.3, 0.4) is 0 Å². The number of sulfone groups is 1. The number of halogens is 2. The van der Waals surface area contributed by atoms with Crippen molar-refractivity contribution in [1.29, 1.82) is 0 Å². The summed E-state index contributed by atoms with van der Waals surface area (Å²) >= 11 is 11.9. The van der Waals surface area contributed by atoms with E-state index in [9.17, 15) is 8.42 Å². The zero-order valence-electron chi connectivity index (χ0n) is 10.7. The Hall–Kier alpha value is -0.450. The molecular weight excluding hydrogens is 305 g/mol. The average Bonchev–Trinajstić information content (AvgIpc) is 2.26. The highest BCUT2D eigenvalue weighted by Gasteiger charge is 2.28. The fourth-order valence-corrected chi connectivity index (χ4v) is 4.24. The minimum absolute atomic E-state index is 0.156. The van der Waals surface area contributed by atoms with E-state index in [0.717, 1.165) is 24.9 Å². The van der Waals surface area contributed by atoms with Crippen molar-refractivity contribution in [3.8, 4) is 0 Å². The molecule has 106 valence electrons. The van der Waals surface area contributed by atoms with E-state index in [1.807, 2.05) is 0 Å². The second kappa shape index (κ2) is 5.90. The Labute approximate surface area is 124 Å². The van der Waals surface area contributed by atoms with Gasteiger partial charge < -0.3 is 5.32 Å². The van der Waals surface area contributed by atoms with E-state index in [-0.39, 0.29) is 11.3 Å². The zero-order chi connectivity index (χ0) is 14.0. The van der Waals surface area contributed by atoms with Gasteiger partial charge in [0, 0.05) is 28.0 Å². The molecule has 0 aliphatic heterocycles. The summed E-state index contributed by atoms with van der Waals surface area (Å²) in [6.07, 6.45) is 4.60. The highest BCUT2D eigenvalue weighted by atomic mass is 35.5. The van der Waals surface area contributed by atoms with Crippen molar-refractivity contribution in [2.75, 3.05) is 11.6 Å². The molecule has 2 rings (SSSR count). The van der Waals surface area contributed by atoms with Gasteiger partial charge in [-0.05, 0) is 37.5 Å². The number of hydrogen-bond acceptors (Lipinski definition) is 3. The first kappa shape index (κ1) is 14.9. The SMILES string of the molecule is CS(=O)(=O)C1CCCC(Nc2cc(Cl)cc(Cl)c2)C1. The third-order valence-corrected chi connectivity index (χ3v) is 5.54. The van der Waals surface area contributed by atoms with Crippen molar-refractivity contribution < 1.29 is 8.42 Å². The molecule has 1 N–H and O–H groups in total. The Bertz CT molecular complexity index is 540. The molecule has 0 saturated heterocycles. The molecule has 1 fully saturated rings. The smallest absolute Gasteiger partial charge is 0.150 e. The summed E-state index contributed by atoms with van der Waals surface area (Å²) in [5.74, 6) is 0. The molecule has 6 heteroatoms. The predicted molar refractivity (Wildman–Crippen MR) is 81.0 cm³/mol. The van der Waals surface area contributed by atoms with Gasteiger partial charge in [0.1, 0.15) is 9.84 Å². The molecule has 0 aromatic heterocycles. The van der Waals surface area contributed by atoms with Crippen LogP contribution in [-0.2, 0) is 9.84 Å². The third-order valence-electron chi connectivity index (χ3n) is 3.46. The van der Waals surface area contributed by atoms with Crippen LogP contribution in [-0.4, -0.2) is 26.0 Å². The van der Waals surface area contributed by atoms with E-state index in [1.165, 1.54) is 6.26 Å². The van der Waals surface area contributed by atoms with Crippen LogP contribution in [0.4, 0.5) is 5.69 Å². The highest BCUT2D eigenvalue weighted by molar-refractivity contribution is 7.91. The number of hydrogen-bond donors (Lipinski definition) is 1. The fraction of sp³-hybridized carbons (Fsp3) is 0.538. The molecule has 3 nitrogen and oxygen atoms in total. The maximum absolute atomic E-state index is 11.6. The molecule has 1 saturated carbocycles. The topological polar surface area (TPSA) is 46.2 Å². The summed E-state index contributed by atoms with van der Waals surface area (Å²) in [6, 6.07) is 5.44. The van der Waals surface area contributed by atoms with Crippen molar-refractivity contribution >= 4 is 38.7 Å². The van der Waals surface area contributed by atoms with E-state index in [4.69, 9.17) is 23.2 Å². The molecule has 2 unspecified atom stereocenters. The summed E-state index contributed by atoms with van der Waals surface area (Å²) in [7, 11) is -2.96. The van der Waals surface area contributed by atoms with Gasteiger partial charge in [0.25, 0.3) is 0 Å². The monoisotopic (exact) mass is 321 g/mol. The van der Waals surface area contributed by atoms with E-state index in [0.29, 0.717) is 16.5 Å². The van der Waals surface area contributed by atoms with E-state index in [1.54, 1.807) is 18.2 Å². The van der Waals surface area contributed by atoms with Crippen LogP contribution in [0, 0.1) is 0 Å². The van der Waals surface area contributed by atoms with Crippen LogP contribution >= 0.6 is 23.2 Å². The van der Waals surface area contributed by atoms with Gasteiger partial charge in [-0.25, -0.2) is 8.42 Å². The maximum atomic E-state index is 11.6. The summed E-state index contributed by atoms with van der Waals surface area (Å²) < 4.78 is 23.2. The van der Waals surface area contributed by atoms with Crippen molar-refractivity contribution in [3.05, 3.63) is 28.2 Å². The van der Waals surface area contributed by atoms with Gasteiger partial charge in [0.2, 0.25) is 0 Å². The Morgan fingerprint density at radius 1 is 1.16 bits per heavy atom. The van der Waals surface area contributed by atoms with Crippen molar-refractivity contribution in [3.63, 3.8) is 0 Å². The van der Waals surface area contributed by atoms with Crippen LogP contribution < -0.4 is 5.32 Å². The first-order valence-corrected chi connectivity index (χ1v) is 8.97. The lowest BCUT2D eigenvalue weighted by molar-refractivity contribution is 0.453. The van der Waals surface area contributed by atoms with Gasteiger partial charge in [0.15, 0.2) is 0 Å². The second-order valence-electron chi connectivity index (χ2n) is 5.12. The molecule has 1 aliphatic carbocycles. The van der Waals surface area contributed by atoms with Gasteiger partial charge in [-0.2, -0.15) is 0 Å². The van der Waals surface area contributed by atoms with E-state index in [2.05, 4.69) is 5.32 Å².